The van der Waals surface area contributed by atoms with Crippen LogP contribution in [-0.4, -0.2) is 62.7 Å². The summed E-state index contributed by atoms with van der Waals surface area (Å²) in [6.45, 7) is 22.0. The zero-order valence-electron chi connectivity index (χ0n) is 35.0. The van der Waals surface area contributed by atoms with Gasteiger partial charge in [0.25, 0.3) is 0 Å². The van der Waals surface area contributed by atoms with Gasteiger partial charge in [0.15, 0.2) is 0 Å². The standard InChI is InChI=1S/C22H41N2.C18H33P.C7H6.2ClH.Ru/c1-14-10-16(3)21(17(4)11-14)23-8-9-24(20(23)7)22-18(5)12-15(2)13-19(22)6;1-4-10-16(11-5-1)19(17-12-6-2-7-13-17)18-14-8-3-9-15-18;1-7-5-3-2-4-6-7;;;/h14-22H,7-13H2,1-6H3;16-18H,1-15H2;1-6H;2*1H;/q-1;;;;;+2/p-1/t14?,15?,16-,17-,18+,19+,20?,21?,22?;;;;;. The van der Waals surface area contributed by atoms with Gasteiger partial charge in [-0.15, -0.1) is 0 Å². The monoisotopic (exact) mass is 876 g/mol. The van der Waals surface area contributed by atoms with E-state index in [1.54, 1.807) is 96.3 Å². The first-order chi connectivity index (χ1) is 25.5. The van der Waals surface area contributed by atoms with E-state index in [4.69, 9.17) is 19.4 Å². The van der Waals surface area contributed by atoms with Crippen molar-refractivity contribution < 1.29 is 13.5 Å². The van der Waals surface area contributed by atoms with Gasteiger partial charge in [-0.2, -0.15) is 0 Å². The molecule has 5 aliphatic carbocycles. The average molecular weight is 877 g/mol. The van der Waals surface area contributed by atoms with Crippen molar-refractivity contribution in [2.45, 2.75) is 199 Å². The van der Waals surface area contributed by atoms with Crippen LogP contribution in [0.15, 0.2) is 30.3 Å². The predicted molar refractivity (Wildman–Crippen MR) is 236 cm³/mol. The molecule has 0 aromatic heterocycles. The zero-order valence-corrected chi connectivity index (χ0v) is 39.2. The quantitative estimate of drug-likeness (QED) is 0.160. The summed E-state index contributed by atoms with van der Waals surface area (Å²) in [4.78, 5) is 5.55. The Kier molecular flexibility index (Phi) is 19.2. The second-order valence-electron chi connectivity index (χ2n) is 19.2. The first kappa shape index (κ1) is 44.7. The van der Waals surface area contributed by atoms with Gasteiger partial charge in [-0.05, 0) is 138 Å². The summed E-state index contributed by atoms with van der Waals surface area (Å²) < 4.78 is 1.92. The van der Waals surface area contributed by atoms with Gasteiger partial charge in [-0.1, -0.05) is 67.0 Å². The van der Waals surface area contributed by atoms with Crippen LogP contribution in [0.3, 0.4) is 0 Å². The Hall–Kier alpha value is 0.643. The van der Waals surface area contributed by atoms with E-state index in [2.05, 4.69) is 58.3 Å². The van der Waals surface area contributed by atoms with Crippen LogP contribution in [0.1, 0.15) is 169 Å². The Morgan fingerprint density at radius 2 is 0.906 bits per heavy atom. The first-order valence-electron chi connectivity index (χ1n) is 22.6. The predicted octanol–water partition coefficient (Wildman–Crippen LogP) is 13.9. The maximum atomic E-state index is 5.67. The molecule has 0 spiro atoms. The SMILES string of the molecule is C1CCC([PH+](C2CCCCC2)C2CCCCC2)CC1.[CH2-]C1N(C2[C@H](C)CC(C)C[C@H]2C)CCN1C1[C@@H](C)CC(C)C[C@@H]1C.[Cl][Ru]([Cl])=[CH]c1ccccc1. The molecule has 6 heteroatoms. The molecule has 1 aliphatic heterocycles. The Labute approximate surface area is 343 Å². The molecule has 306 valence electrons. The second-order valence-corrected chi connectivity index (χ2v) is 28.4. The van der Waals surface area contributed by atoms with E-state index < -0.39 is 13.5 Å². The van der Waals surface area contributed by atoms with E-state index >= 15 is 0 Å². The van der Waals surface area contributed by atoms with E-state index in [9.17, 15) is 0 Å². The molecule has 6 aliphatic rings. The first-order valence-corrected chi connectivity index (χ1v) is 29.8. The molecule has 1 aromatic rings. The van der Waals surface area contributed by atoms with Gasteiger partial charge in [-0.25, -0.2) is 0 Å². The van der Waals surface area contributed by atoms with Crippen molar-refractivity contribution in [2.75, 3.05) is 13.1 Å². The van der Waals surface area contributed by atoms with Crippen LogP contribution >= 0.6 is 27.3 Å². The summed E-state index contributed by atoms with van der Waals surface area (Å²) in [5.74, 6) is 5.05. The Balaban J connectivity index is 0.000000166. The summed E-state index contributed by atoms with van der Waals surface area (Å²) in [5, 5.41) is 0. The average Bonchev–Trinajstić information content (AvgIpc) is 3.49. The summed E-state index contributed by atoms with van der Waals surface area (Å²) >= 11 is -1.61. The molecule has 1 heterocycles. The van der Waals surface area contributed by atoms with Crippen molar-refractivity contribution in [1.29, 1.82) is 0 Å². The van der Waals surface area contributed by atoms with E-state index in [1.807, 2.05) is 34.9 Å². The van der Waals surface area contributed by atoms with Crippen molar-refractivity contribution in [3.63, 3.8) is 0 Å². The van der Waals surface area contributed by atoms with Crippen LogP contribution in [0.2, 0.25) is 0 Å². The van der Waals surface area contributed by atoms with Crippen molar-refractivity contribution >= 4 is 31.9 Å². The molecule has 5 atom stereocenters. The molecule has 1 saturated heterocycles. The second kappa shape index (κ2) is 22.7. The van der Waals surface area contributed by atoms with E-state index in [-0.39, 0.29) is 7.92 Å². The summed E-state index contributed by atoms with van der Waals surface area (Å²) in [6, 6.07) is 11.4. The molecule has 7 rings (SSSR count). The normalized spacial score (nSPS) is 35.9. The van der Waals surface area contributed by atoms with Crippen LogP contribution < -0.4 is 0 Å². The van der Waals surface area contributed by atoms with E-state index in [0.29, 0.717) is 6.17 Å². The van der Waals surface area contributed by atoms with Gasteiger partial charge in [0.1, 0.15) is 0 Å². The van der Waals surface area contributed by atoms with Gasteiger partial charge < -0.3 is 16.7 Å². The number of hydrogen-bond acceptors (Lipinski definition) is 2. The summed E-state index contributed by atoms with van der Waals surface area (Å²) in [6.07, 6.45) is 29.8. The minimum atomic E-state index is -1.61. The molecule has 0 bridgehead atoms. The number of hydrogen-bond donors (Lipinski definition) is 0. The fraction of sp³-hybridized carbons (Fsp3) is 0.830. The third kappa shape index (κ3) is 13.1. The Morgan fingerprint density at radius 3 is 1.23 bits per heavy atom. The van der Waals surface area contributed by atoms with Crippen LogP contribution in [-0.2, 0) is 13.5 Å². The molecule has 6 fully saturated rings. The maximum absolute atomic E-state index is 5.67. The number of rotatable bonds is 6. The van der Waals surface area contributed by atoms with Crippen LogP contribution in [0.4, 0.5) is 0 Å². The van der Waals surface area contributed by atoms with E-state index in [0.717, 1.165) is 53.2 Å². The summed E-state index contributed by atoms with van der Waals surface area (Å²) in [7, 11) is 11.3. The Morgan fingerprint density at radius 1 is 0.566 bits per heavy atom. The van der Waals surface area contributed by atoms with Gasteiger partial charge in [0.05, 0.1) is 17.0 Å². The molecular weight excluding hydrogens is 795 g/mol. The van der Waals surface area contributed by atoms with Crippen molar-refractivity contribution in [2.24, 2.45) is 35.5 Å². The third-order valence-corrected chi connectivity index (χ3v) is 21.2. The van der Waals surface area contributed by atoms with Gasteiger partial charge in [-0.3, -0.25) is 0 Å². The molecule has 1 aromatic carbocycles. The van der Waals surface area contributed by atoms with Gasteiger partial charge in [0.2, 0.25) is 0 Å². The molecule has 0 amide bonds. The summed E-state index contributed by atoms with van der Waals surface area (Å²) in [5.41, 5.74) is 4.80. The van der Waals surface area contributed by atoms with Crippen molar-refractivity contribution in [1.82, 2.24) is 9.80 Å². The third-order valence-electron chi connectivity index (χ3n) is 14.8. The number of benzene rings is 1. The number of nitrogens with zero attached hydrogens (tertiary/aromatic N) is 2. The van der Waals surface area contributed by atoms with E-state index in [1.165, 1.54) is 55.7 Å². The number of halogens is 2. The molecule has 1 unspecified atom stereocenters. The molecule has 0 radical (unpaired) electrons. The molecule has 53 heavy (non-hydrogen) atoms. The van der Waals surface area contributed by atoms with Crippen LogP contribution in [0.25, 0.3) is 0 Å². The molecular formula is C47H81Cl2N2PRu. The van der Waals surface area contributed by atoms with Crippen LogP contribution in [0, 0.1) is 42.4 Å². The molecule has 5 saturated carbocycles. The fourth-order valence-electron chi connectivity index (χ4n) is 13.1. The van der Waals surface area contributed by atoms with Crippen molar-refractivity contribution in [3.05, 3.63) is 42.8 Å². The molecule has 0 N–H and O–H groups in total. The minimum absolute atomic E-state index is 0.0465. The topological polar surface area (TPSA) is 6.48 Å². The van der Waals surface area contributed by atoms with Gasteiger partial charge >= 0.3 is 73.4 Å². The zero-order chi connectivity index (χ0) is 37.9. The van der Waals surface area contributed by atoms with Crippen LogP contribution in [0.5, 0.6) is 0 Å². The molecule has 2 nitrogen and oxygen atoms in total. The fourth-order valence-corrected chi connectivity index (χ4v) is 20.1. The Bertz CT molecular complexity index is 1090. The van der Waals surface area contributed by atoms with Crippen molar-refractivity contribution in [3.8, 4) is 0 Å². The van der Waals surface area contributed by atoms with Gasteiger partial charge in [0, 0.05) is 33.1 Å².